The highest BCUT2D eigenvalue weighted by atomic mass is 16.8. The average Bonchev–Trinajstić information content (AvgIpc) is 3.27. The molecular weight excluding hydrogens is 570 g/mol. The minimum atomic E-state index is -1.62. The predicted molar refractivity (Wildman–Crippen MR) is 136 cm³/mol. The molecule has 3 heterocycles. The number of nitrogens with two attached hydrogens (primary N) is 5. The molecule has 0 spiro atoms. The lowest BCUT2D eigenvalue weighted by Gasteiger charge is -2.47. The summed E-state index contributed by atoms with van der Waals surface area (Å²) in [5.41, 5.74) is 29.9. The summed E-state index contributed by atoms with van der Waals surface area (Å²) in [6, 6.07) is -4.30. The van der Waals surface area contributed by atoms with Gasteiger partial charge in [0, 0.05) is 18.6 Å². The van der Waals surface area contributed by atoms with Gasteiger partial charge in [0.1, 0.15) is 67.1 Å². The van der Waals surface area contributed by atoms with Crippen LogP contribution in [0.15, 0.2) is 0 Å². The topological polar surface area (TPSA) is 347 Å². The molecule has 19 atom stereocenters. The van der Waals surface area contributed by atoms with Crippen LogP contribution in [0.4, 0.5) is 0 Å². The maximum absolute atomic E-state index is 11.1. The van der Waals surface area contributed by atoms with Crippen molar-refractivity contribution in [1.29, 1.82) is 0 Å². The molecule has 18 N–H and O–H groups in total. The molecule has 42 heavy (non-hydrogen) atoms. The van der Waals surface area contributed by atoms with E-state index in [0.717, 1.165) is 0 Å². The van der Waals surface area contributed by atoms with Crippen molar-refractivity contribution in [3.63, 3.8) is 0 Å². The molecule has 0 amide bonds. The zero-order chi connectivity index (χ0) is 31.0. The molecule has 0 aromatic heterocycles. The molecule has 0 radical (unpaired) electrons. The van der Waals surface area contributed by atoms with Crippen molar-refractivity contribution in [2.75, 3.05) is 19.8 Å². The number of aliphatic hydroxyl groups is 8. The molecule has 1 aliphatic carbocycles. The molecule has 0 aromatic rings. The molecule has 3 aliphatic heterocycles. The maximum atomic E-state index is 11.1. The van der Waals surface area contributed by atoms with Gasteiger partial charge in [0.25, 0.3) is 0 Å². The Kier molecular flexibility index (Phi) is 11.5. The normalized spacial score (nSPS) is 53.8. The fraction of sp³-hybridized carbons (Fsp3) is 1.00. The second-order valence-corrected chi connectivity index (χ2v) is 11.2. The molecule has 3 saturated heterocycles. The standard InChI is InChI=1S/C23H45N5O14/c24-2-7-13(32)15(34)10(27)21(37-7)41-19-9(4-30)39-23(17(19)36)42-20-12(31)5(25)1-6(26)18(20)40-22-11(28)16(35)14(33)8(3-29)38-22/h5-23,29-36H,1-4,24-28H2/t5-,6+,7-,8-,9-,10+,11+,12+,13+,14+,15-,16-,17+,18+,19+,20-,21+,22+,23+/m0/s1. The van der Waals surface area contributed by atoms with Crippen molar-refractivity contribution in [3.05, 3.63) is 0 Å². The summed E-state index contributed by atoms with van der Waals surface area (Å²) in [6.45, 7) is -1.49. The van der Waals surface area contributed by atoms with E-state index in [0.29, 0.717) is 0 Å². The summed E-state index contributed by atoms with van der Waals surface area (Å²) in [7, 11) is 0. The van der Waals surface area contributed by atoms with Gasteiger partial charge in [-0.05, 0) is 6.42 Å². The van der Waals surface area contributed by atoms with E-state index in [9.17, 15) is 40.9 Å². The molecule has 246 valence electrons. The van der Waals surface area contributed by atoms with Gasteiger partial charge in [-0.25, -0.2) is 0 Å². The van der Waals surface area contributed by atoms with Crippen LogP contribution < -0.4 is 28.7 Å². The van der Waals surface area contributed by atoms with Gasteiger partial charge in [0.2, 0.25) is 0 Å². The molecule has 1 saturated carbocycles. The largest absolute Gasteiger partial charge is 0.394 e. The van der Waals surface area contributed by atoms with E-state index in [-0.39, 0.29) is 13.0 Å². The van der Waals surface area contributed by atoms with Gasteiger partial charge >= 0.3 is 0 Å². The molecule has 19 heteroatoms. The fourth-order valence-electron chi connectivity index (χ4n) is 5.70. The van der Waals surface area contributed by atoms with E-state index in [2.05, 4.69) is 0 Å². The summed E-state index contributed by atoms with van der Waals surface area (Å²) >= 11 is 0. The van der Waals surface area contributed by atoms with Crippen molar-refractivity contribution in [1.82, 2.24) is 0 Å². The van der Waals surface area contributed by atoms with Crippen molar-refractivity contribution >= 4 is 0 Å². The monoisotopic (exact) mass is 615 g/mol. The highest BCUT2D eigenvalue weighted by molar-refractivity contribution is 5.02. The van der Waals surface area contributed by atoms with Crippen LogP contribution in [-0.4, -0.2) is 177 Å². The predicted octanol–water partition coefficient (Wildman–Crippen LogP) is -8.86. The second kappa shape index (κ2) is 14.1. The van der Waals surface area contributed by atoms with Crippen LogP contribution in [-0.2, 0) is 28.4 Å². The number of aliphatic hydroxyl groups excluding tert-OH is 8. The lowest BCUT2D eigenvalue weighted by atomic mass is 9.84. The van der Waals surface area contributed by atoms with E-state index in [1.807, 2.05) is 0 Å². The Labute approximate surface area is 240 Å². The van der Waals surface area contributed by atoms with Crippen LogP contribution in [0.3, 0.4) is 0 Å². The zero-order valence-electron chi connectivity index (χ0n) is 22.7. The van der Waals surface area contributed by atoms with Crippen LogP contribution in [0.25, 0.3) is 0 Å². The van der Waals surface area contributed by atoms with Crippen molar-refractivity contribution in [3.8, 4) is 0 Å². The van der Waals surface area contributed by atoms with Gasteiger partial charge in [-0.2, -0.15) is 0 Å². The number of ether oxygens (including phenoxy) is 6. The minimum Gasteiger partial charge on any atom is -0.394 e. The van der Waals surface area contributed by atoms with Crippen LogP contribution in [0.5, 0.6) is 0 Å². The molecule has 4 aliphatic rings. The molecule has 19 nitrogen and oxygen atoms in total. The third-order valence-electron chi connectivity index (χ3n) is 8.32. The molecule has 0 unspecified atom stereocenters. The second-order valence-electron chi connectivity index (χ2n) is 11.2. The Morgan fingerprint density at radius 2 is 1.00 bits per heavy atom. The van der Waals surface area contributed by atoms with E-state index >= 15 is 0 Å². The fourth-order valence-corrected chi connectivity index (χ4v) is 5.70. The summed E-state index contributed by atoms with van der Waals surface area (Å²) in [4.78, 5) is 0. The van der Waals surface area contributed by atoms with Gasteiger partial charge in [0.05, 0.1) is 31.4 Å². The lowest BCUT2D eigenvalue weighted by Crippen LogP contribution is -2.68. The lowest BCUT2D eigenvalue weighted by molar-refractivity contribution is -0.310. The summed E-state index contributed by atoms with van der Waals surface area (Å²) < 4.78 is 34.4. The van der Waals surface area contributed by atoms with Crippen LogP contribution in [0.1, 0.15) is 6.42 Å². The summed E-state index contributed by atoms with van der Waals surface area (Å²) in [6.07, 6.45) is -20.5. The Morgan fingerprint density at radius 1 is 0.524 bits per heavy atom. The van der Waals surface area contributed by atoms with Gasteiger partial charge in [-0.15, -0.1) is 0 Å². The first kappa shape index (κ1) is 34.1. The number of hydrogen-bond acceptors (Lipinski definition) is 19. The molecule has 4 fully saturated rings. The number of rotatable bonds is 9. The van der Waals surface area contributed by atoms with E-state index in [1.54, 1.807) is 0 Å². The van der Waals surface area contributed by atoms with Crippen LogP contribution in [0, 0.1) is 0 Å². The smallest absolute Gasteiger partial charge is 0.187 e. The average molecular weight is 616 g/mol. The Balaban J connectivity index is 1.50. The third-order valence-corrected chi connectivity index (χ3v) is 8.32. The highest BCUT2D eigenvalue weighted by Crippen LogP contribution is 2.34. The van der Waals surface area contributed by atoms with E-state index < -0.39 is 129 Å². The first-order valence-electron chi connectivity index (χ1n) is 13.8. The van der Waals surface area contributed by atoms with Crippen LogP contribution >= 0.6 is 0 Å². The van der Waals surface area contributed by atoms with Crippen molar-refractivity contribution < 1.29 is 69.3 Å². The first-order valence-corrected chi connectivity index (χ1v) is 13.8. The molecule has 0 bridgehead atoms. The summed E-state index contributed by atoms with van der Waals surface area (Å²) in [5, 5.41) is 82.3. The van der Waals surface area contributed by atoms with Crippen molar-refractivity contribution in [2.24, 2.45) is 28.7 Å². The van der Waals surface area contributed by atoms with Gasteiger partial charge in [-0.1, -0.05) is 0 Å². The van der Waals surface area contributed by atoms with Crippen LogP contribution in [0.2, 0.25) is 0 Å². The minimum absolute atomic E-state index is 0.0642. The molecular formula is C23H45N5O14. The van der Waals surface area contributed by atoms with E-state index in [4.69, 9.17) is 57.1 Å². The molecule has 4 rings (SSSR count). The first-order chi connectivity index (χ1) is 19.8. The Bertz CT molecular complexity index is 866. The Morgan fingerprint density at radius 3 is 1.55 bits per heavy atom. The van der Waals surface area contributed by atoms with Crippen molar-refractivity contribution in [2.45, 2.75) is 123 Å². The molecule has 0 aromatic carbocycles. The number of hydrogen-bond donors (Lipinski definition) is 13. The Hall–Kier alpha value is -0.760. The van der Waals surface area contributed by atoms with Gasteiger partial charge in [-0.3, -0.25) is 0 Å². The van der Waals surface area contributed by atoms with E-state index in [1.165, 1.54) is 0 Å². The zero-order valence-corrected chi connectivity index (χ0v) is 22.7. The third kappa shape index (κ3) is 6.60. The van der Waals surface area contributed by atoms with Gasteiger partial charge in [0.15, 0.2) is 18.9 Å². The SMILES string of the molecule is NC[C@@H]1O[C@H](O[C@H]2[C@@H](O)[C@@H](O[C@H]3[C@H](O)[C@@H](N)C[C@@H](N)[C@H]3O[C@H]3O[C@@H](CO)[C@@H](O)[C@@H](O)[C@H]3N)O[C@H]2CO)[C@H](N)[C@H](O)[C@@H]1O. The maximum Gasteiger partial charge on any atom is 0.187 e. The quantitative estimate of drug-likeness (QED) is 0.114. The summed E-state index contributed by atoms with van der Waals surface area (Å²) in [5.74, 6) is 0. The highest BCUT2D eigenvalue weighted by Gasteiger charge is 2.54. The van der Waals surface area contributed by atoms with Gasteiger partial charge < -0.3 is 97.9 Å².